The summed E-state index contributed by atoms with van der Waals surface area (Å²) in [4.78, 5) is 13.9. The molecule has 2 rings (SSSR count). The van der Waals surface area contributed by atoms with Gasteiger partial charge in [-0.05, 0) is 31.6 Å². The Morgan fingerprint density at radius 1 is 1.40 bits per heavy atom. The van der Waals surface area contributed by atoms with Crippen LogP contribution in [-0.4, -0.2) is 29.9 Å². The lowest BCUT2D eigenvalue weighted by Gasteiger charge is -2.39. The first-order chi connectivity index (χ1) is 7.11. The number of hydrogen-bond donors (Lipinski definition) is 1. The molecule has 2 aliphatic rings. The van der Waals surface area contributed by atoms with E-state index in [1.165, 1.54) is 32.1 Å². The summed E-state index contributed by atoms with van der Waals surface area (Å²) in [6, 6.07) is 0.103. The smallest absolute Gasteiger partial charge is 0.223 e. The van der Waals surface area contributed by atoms with E-state index in [2.05, 4.69) is 0 Å². The van der Waals surface area contributed by atoms with Crippen LogP contribution in [-0.2, 0) is 4.79 Å². The molecular weight excluding hydrogens is 188 g/mol. The fourth-order valence-electron chi connectivity index (χ4n) is 3.11. The van der Waals surface area contributed by atoms with E-state index in [1.54, 1.807) is 0 Å². The molecular formula is C12H22N2O. The lowest BCUT2D eigenvalue weighted by atomic mass is 9.76. The van der Waals surface area contributed by atoms with Gasteiger partial charge in [-0.15, -0.1) is 0 Å². The van der Waals surface area contributed by atoms with Crippen molar-refractivity contribution in [1.82, 2.24) is 4.90 Å². The van der Waals surface area contributed by atoms with Gasteiger partial charge in [-0.3, -0.25) is 4.79 Å². The van der Waals surface area contributed by atoms with Gasteiger partial charge in [0.2, 0.25) is 5.91 Å². The van der Waals surface area contributed by atoms with Crippen LogP contribution < -0.4 is 5.73 Å². The van der Waals surface area contributed by atoms with Gasteiger partial charge in [-0.2, -0.15) is 0 Å². The van der Waals surface area contributed by atoms with E-state index in [-0.39, 0.29) is 6.04 Å². The lowest BCUT2D eigenvalue weighted by Crippen LogP contribution is -2.47. The van der Waals surface area contributed by atoms with Crippen molar-refractivity contribution >= 4 is 5.91 Å². The van der Waals surface area contributed by atoms with E-state index in [1.807, 2.05) is 11.8 Å². The van der Waals surface area contributed by atoms with Crippen LogP contribution in [0.3, 0.4) is 0 Å². The highest BCUT2D eigenvalue weighted by molar-refractivity contribution is 5.78. The minimum Gasteiger partial charge on any atom is -0.341 e. The summed E-state index contributed by atoms with van der Waals surface area (Å²) in [5.41, 5.74) is 6.12. The molecule has 1 spiro atoms. The number of rotatable bonds is 2. The van der Waals surface area contributed by atoms with Gasteiger partial charge < -0.3 is 10.6 Å². The van der Waals surface area contributed by atoms with Crippen molar-refractivity contribution in [2.45, 2.75) is 51.5 Å². The van der Waals surface area contributed by atoms with E-state index < -0.39 is 0 Å². The summed E-state index contributed by atoms with van der Waals surface area (Å²) in [7, 11) is 0. The van der Waals surface area contributed by atoms with Gasteiger partial charge in [0.15, 0.2) is 0 Å². The van der Waals surface area contributed by atoms with Gasteiger partial charge in [0.1, 0.15) is 0 Å². The highest BCUT2D eigenvalue weighted by Gasteiger charge is 2.40. The van der Waals surface area contributed by atoms with Gasteiger partial charge in [0.25, 0.3) is 0 Å². The molecule has 1 heterocycles. The number of piperidine rings is 1. The first-order valence-electron chi connectivity index (χ1n) is 6.15. The summed E-state index contributed by atoms with van der Waals surface area (Å²) >= 11 is 0. The van der Waals surface area contributed by atoms with E-state index in [9.17, 15) is 4.79 Å². The van der Waals surface area contributed by atoms with Crippen LogP contribution in [0, 0.1) is 5.41 Å². The Morgan fingerprint density at radius 3 is 2.60 bits per heavy atom. The Hall–Kier alpha value is -0.570. The molecule has 15 heavy (non-hydrogen) atoms. The van der Waals surface area contributed by atoms with Crippen LogP contribution in [0.1, 0.15) is 45.4 Å². The molecule has 3 nitrogen and oxygen atoms in total. The van der Waals surface area contributed by atoms with Crippen molar-refractivity contribution in [2.75, 3.05) is 13.1 Å². The number of amides is 1. The van der Waals surface area contributed by atoms with Crippen LogP contribution >= 0.6 is 0 Å². The summed E-state index contributed by atoms with van der Waals surface area (Å²) in [6.45, 7) is 3.63. The second-order valence-corrected chi connectivity index (χ2v) is 5.45. The number of nitrogens with two attached hydrogens (primary N) is 1. The van der Waals surface area contributed by atoms with Gasteiger partial charge in [0, 0.05) is 25.6 Å². The molecule has 2 N–H and O–H groups in total. The average Bonchev–Trinajstić information content (AvgIpc) is 2.59. The van der Waals surface area contributed by atoms with Crippen molar-refractivity contribution in [2.24, 2.45) is 11.1 Å². The van der Waals surface area contributed by atoms with Crippen LogP contribution in [0.5, 0.6) is 0 Å². The average molecular weight is 210 g/mol. The summed E-state index contributed by atoms with van der Waals surface area (Å²) in [5, 5.41) is 0. The molecule has 3 heteroatoms. The molecule has 0 aromatic rings. The molecule has 1 saturated heterocycles. The number of carbonyl (C=O) groups excluding carboxylic acids is 1. The Kier molecular flexibility index (Phi) is 3.01. The molecule has 1 aliphatic carbocycles. The zero-order valence-electron chi connectivity index (χ0n) is 9.67. The maximum atomic E-state index is 12.0. The maximum Gasteiger partial charge on any atom is 0.223 e. The molecule has 86 valence electrons. The molecule has 0 bridgehead atoms. The third kappa shape index (κ3) is 2.33. The minimum atomic E-state index is 0.103. The minimum absolute atomic E-state index is 0.103. The fourth-order valence-corrected chi connectivity index (χ4v) is 3.11. The van der Waals surface area contributed by atoms with Gasteiger partial charge in [0.05, 0.1) is 0 Å². The molecule has 0 aromatic heterocycles. The lowest BCUT2D eigenvalue weighted by molar-refractivity contribution is -0.138. The Labute approximate surface area is 92.0 Å². The summed E-state index contributed by atoms with van der Waals surface area (Å²) in [5.74, 6) is 0.334. The molecule has 1 unspecified atom stereocenters. The molecule has 2 fully saturated rings. The van der Waals surface area contributed by atoms with Crippen molar-refractivity contribution < 1.29 is 4.79 Å². The zero-order valence-corrected chi connectivity index (χ0v) is 9.67. The number of hydrogen-bond acceptors (Lipinski definition) is 2. The first-order valence-corrected chi connectivity index (χ1v) is 6.15. The van der Waals surface area contributed by atoms with Crippen molar-refractivity contribution in [3.8, 4) is 0 Å². The van der Waals surface area contributed by atoms with Crippen LogP contribution in [0.2, 0.25) is 0 Å². The van der Waals surface area contributed by atoms with Crippen molar-refractivity contribution in [3.63, 3.8) is 0 Å². The van der Waals surface area contributed by atoms with Crippen LogP contribution in [0.4, 0.5) is 0 Å². The number of nitrogens with zero attached hydrogens (tertiary/aromatic N) is 1. The predicted molar refractivity (Wildman–Crippen MR) is 60.4 cm³/mol. The first kappa shape index (κ1) is 10.9. The largest absolute Gasteiger partial charge is 0.341 e. The van der Waals surface area contributed by atoms with E-state index in [4.69, 9.17) is 5.73 Å². The Balaban J connectivity index is 1.93. The Bertz CT molecular complexity index is 244. The van der Waals surface area contributed by atoms with E-state index in [0.29, 0.717) is 11.3 Å². The predicted octanol–water partition coefficient (Wildman–Crippen LogP) is 1.52. The van der Waals surface area contributed by atoms with Gasteiger partial charge >= 0.3 is 0 Å². The number of carbonyl (C=O) groups is 1. The van der Waals surface area contributed by atoms with Crippen molar-refractivity contribution in [1.29, 1.82) is 0 Å². The second-order valence-electron chi connectivity index (χ2n) is 5.45. The molecule has 0 radical (unpaired) electrons. The van der Waals surface area contributed by atoms with E-state index in [0.717, 1.165) is 19.5 Å². The monoisotopic (exact) mass is 210 g/mol. The molecule has 1 aliphatic heterocycles. The quantitative estimate of drug-likeness (QED) is 0.751. The topological polar surface area (TPSA) is 46.3 Å². The van der Waals surface area contributed by atoms with Crippen LogP contribution in [0.15, 0.2) is 0 Å². The second kappa shape index (κ2) is 4.12. The van der Waals surface area contributed by atoms with Crippen LogP contribution in [0.25, 0.3) is 0 Å². The third-order valence-corrected chi connectivity index (χ3v) is 3.96. The zero-order chi connectivity index (χ0) is 10.9. The highest BCUT2D eigenvalue weighted by atomic mass is 16.2. The molecule has 1 saturated carbocycles. The standard InChI is InChI=1S/C12H22N2O/c1-10(13)9-14-7-6-12(8-11(14)15)4-2-3-5-12/h10H,2-9,13H2,1H3. The normalized spacial score (nSPS) is 27.3. The highest BCUT2D eigenvalue weighted by Crippen LogP contribution is 2.46. The SMILES string of the molecule is CC(N)CN1CCC2(CCCC2)CC1=O. The van der Waals surface area contributed by atoms with E-state index >= 15 is 0 Å². The summed E-state index contributed by atoms with van der Waals surface area (Å²) in [6.07, 6.45) is 7.15. The molecule has 1 atom stereocenters. The maximum absolute atomic E-state index is 12.0. The molecule has 1 amide bonds. The summed E-state index contributed by atoms with van der Waals surface area (Å²) < 4.78 is 0. The fraction of sp³-hybridized carbons (Fsp3) is 0.917. The Morgan fingerprint density at radius 2 is 2.07 bits per heavy atom. The third-order valence-electron chi connectivity index (χ3n) is 3.96. The van der Waals surface area contributed by atoms with Crippen molar-refractivity contribution in [3.05, 3.63) is 0 Å². The van der Waals surface area contributed by atoms with Gasteiger partial charge in [-0.25, -0.2) is 0 Å². The number of likely N-dealkylation sites (tertiary alicyclic amines) is 1. The van der Waals surface area contributed by atoms with Gasteiger partial charge in [-0.1, -0.05) is 12.8 Å². The molecule has 0 aromatic carbocycles.